The van der Waals surface area contributed by atoms with Crippen LogP contribution in [0, 0.1) is 0 Å². The zero-order valence-electron chi connectivity index (χ0n) is 12.0. The van der Waals surface area contributed by atoms with Crippen LogP contribution in [0.25, 0.3) is 0 Å². The van der Waals surface area contributed by atoms with Crippen molar-refractivity contribution in [1.82, 2.24) is 0 Å². The molecule has 0 aliphatic rings. The van der Waals surface area contributed by atoms with E-state index in [1.165, 1.54) is 6.92 Å². The van der Waals surface area contributed by atoms with Crippen molar-refractivity contribution < 1.29 is 14.3 Å². The van der Waals surface area contributed by atoms with Gasteiger partial charge in [0, 0.05) is 11.3 Å². The third-order valence-electron chi connectivity index (χ3n) is 2.98. The lowest BCUT2D eigenvalue weighted by molar-refractivity contribution is -0.122. The number of carbonyl (C=O) groups excluding carboxylic acids is 2. The van der Waals surface area contributed by atoms with E-state index < -0.39 is 6.10 Å². The van der Waals surface area contributed by atoms with Gasteiger partial charge in [-0.15, -0.1) is 0 Å². The lowest BCUT2D eigenvalue weighted by Crippen LogP contribution is -2.30. The molecule has 1 N–H and O–H groups in total. The van der Waals surface area contributed by atoms with Gasteiger partial charge in [-0.1, -0.05) is 18.2 Å². The SMILES string of the molecule is CC(=O)c1ccc(O[C@@H](C)C(=O)Nc2ccccc2)cc1. The molecule has 0 saturated heterocycles. The first-order valence-corrected chi connectivity index (χ1v) is 6.70. The number of carbonyl (C=O) groups is 2. The zero-order valence-corrected chi connectivity index (χ0v) is 12.0. The average molecular weight is 283 g/mol. The average Bonchev–Trinajstić information content (AvgIpc) is 2.48. The summed E-state index contributed by atoms with van der Waals surface area (Å²) in [7, 11) is 0. The molecule has 1 atom stereocenters. The number of ether oxygens (including phenoxy) is 1. The van der Waals surface area contributed by atoms with Crippen molar-refractivity contribution >= 4 is 17.4 Å². The molecule has 0 aromatic heterocycles. The van der Waals surface area contributed by atoms with Gasteiger partial charge in [0.25, 0.3) is 5.91 Å². The minimum atomic E-state index is -0.631. The number of hydrogen-bond acceptors (Lipinski definition) is 3. The quantitative estimate of drug-likeness (QED) is 0.857. The highest BCUT2D eigenvalue weighted by Gasteiger charge is 2.14. The number of benzene rings is 2. The number of para-hydroxylation sites is 1. The molecule has 0 aliphatic carbocycles. The second kappa shape index (κ2) is 6.70. The maximum Gasteiger partial charge on any atom is 0.265 e. The molecule has 0 heterocycles. The van der Waals surface area contributed by atoms with Crippen LogP contribution in [0.3, 0.4) is 0 Å². The number of anilines is 1. The Balaban J connectivity index is 1.95. The van der Waals surface area contributed by atoms with E-state index in [4.69, 9.17) is 4.74 Å². The minimum absolute atomic E-state index is 0.00332. The predicted molar refractivity (Wildman–Crippen MR) is 81.6 cm³/mol. The van der Waals surface area contributed by atoms with Crippen molar-refractivity contribution in [3.8, 4) is 5.75 Å². The Labute approximate surface area is 123 Å². The predicted octanol–water partition coefficient (Wildman–Crippen LogP) is 3.30. The molecule has 0 aliphatic heterocycles. The highest BCUT2D eigenvalue weighted by atomic mass is 16.5. The molecule has 4 heteroatoms. The van der Waals surface area contributed by atoms with Gasteiger partial charge in [0.2, 0.25) is 0 Å². The van der Waals surface area contributed by atoms with Crippen molar-refractivity contribution in [1.29, 1.82) is 0 Å². The summed E-state index contributed by atoms with van der Waals surface area (Å²) >= 11 is 0. The smallest absolute Gasteiger partial charge is 0.265 e. The topological polar surface area (TPSA) is 55.4 Å². The van der Waals surface area contributed by atoms with Crippen molar-refractivity contribution in [3.63, 3.8) is 0 Å². The number of nitrogens with one attached hydrogen (secondary N) is 1. The highest BCUT2D eigenvalue weighted by Crippen LogP contribution is 2.15. The van der Waals surface area contributed by atoms with Crippen LogP contribution in [0.4, 0.5) is 5.69 Å². The number of hydrogen-bond donors (Lipinski definition) is 1. The van der Waals surface area contributed by atoms with Crippen molar-refractivity contribution in [2.75, 3.05) is 5.32 Å². The van der Waals surface area contributed by atoms with Gasteiger partial charge in [-0.2, -0.15) is 0 Å². The van der Waals surface area contributed by atoms with Gasteiger partial charge in [-0.25, -0.2) is 0 Å². The molecule has 21 heavy (non-hydrogen) atoms. The maximum atomic E-state index is 12.0. The fourth-order valence-electron chi connectivity index (χ4n) is 1.79. The first kappa shape index (κ1) is 14.8. The third-order valence-corrected chi connectivity index (χ3v) is 2.98. The van der Waals surface area contributed by atoms with Crippen LogP contribution in [0.15, 0.2) is 54.6 Å². The largest absolute Gasteiger partial charge is 0.481 e. The number of rotatable bonds is 5. The summed E-state index contributed by atoms with van der Waals surface area (Å²) in [6, 6.07) is 15.9. The molecule has 2 aromatic carbocycles. The number of amides is 1. The maximum absolute atomic E-state index is 12.0. The van der Waals surface area contributed by atoms with E-state index >= 15 is 0 Å². The number of Topliss-reactive ketones (excluding diaryl/α,β-unsaturated/α-hetero) is 1. The first-order valence-electron chi connectivity index (χ1n) is 6.70. The summed E-state index contributed by atoms with van der Waals surface area (Å²) in [6.07, 6.45) is -0.631. The zero-order chi connectivity index (χ0) is 15.2. The van der Waals surface area contributed by atoms with Gasteiger partial charge in [0.15, 0.2) is 11.9 Å². The van der Waals surface area contributed by atoms with Gasteiger partial charge in [-0.3, -0.25) is 9.59 Å². The van der Waals surface area contributed by atoms with Crippen molar-refractivity contribution in [2.45, 2.75) is 20.0 Å². The Morgan fingerprint density at radius 3 is 2.19 bits per heavy atom. The molecule has 2 rings (SSSR count). The molecule has 4 nitrogen and oxygen atoms in total. The first-order chi connectivity index (χ1) is 10.1. The van der Waals surface area contributed by atoms with Crippen molar-refractivity contribution in [2.24, 2.45) is 0 Å². The Morgan fingerprint density at radius 1 is 1.00 bits per heavy atom. The summed E-state index contributed by atoms with van der Waals surface area (Å²) in [4.78, 5) is 23.2. The molecular formula is C17H17NO3. The molecule has 0 fully saturated rings. The third kappa shape index (κ3) is 4.18. The Hall–Kier alpha value is -2.62. The molecule has 2 aromatic rings. The van der Waals surface area contributed by atoms with E-state index in [0.29, 0.717) is 11.3 Å². The lowest BCUT2D eigenvalue weighted by Gasteiger charge is -2.14. The van der Waals surface area contributed by atoms with E-state index in [1.54, 1.807) is 31.2 Å². The van der Waals surface area contributed by atoms with Gasteiger partial charge < -0.3 is 10.1 Å². The molecule has 0 unspecified atom stereocenters. The Morgan fingerprint density at radius 2 is 1.62 bits per heavy atom. The van der Waals surface area contributed by atoms with Crippen LogP contribution >= 0.6 is 0 Å². The van der Waals surface area contributed by atoms with Crippen LogP contribution in [0.1, 0.15) is 24.2 Å². The lowest BCUT2D eigenvalue weighted by atomic mass is 10.1. The normalized spacial score (nSPS) is 11.5. The summed E-state index contributed by atoms with van der Waals surface area (Å²) in [5.41, 5.74) is 1.34. The summed E-state index contributed by atoms with van der Waals surface area (Å²) < 4.78 is 5.56. The molecule has 0 saturated carbocycles. The van der Waals surface area contributed by atoms with Gasteiger partial charge in [0.1, 0.15) is 5.75 Å². The van der Waals surface area contributed by atoms with Crippen LogP contribution in [0.5, 0.6) is 5.75 Å². The fourth-order valence-corrected chi connectivity index (χ4v) is 1.79. The minimum Gasteiger partial charge on any atom is -0.481 e. The molecule has 1 amide bonds. The van der Waals surface area contributed by atoms with Gasteiger partial charge in [0.05, 0.1) is 0 Å². The molecule has 0 radical (unpaired) electrons. The van der Waals surface area contributed by atoms with Gasteiger partial charge in [-0.05, 0) is 50.2 Å². The van der Waals surface area contributed by atoms with E-state index in [2.05, 4.69) is 5.32 Å². The fraction of sp³-hybridized carbons (Fsp3) is 0.176. The standard InChI is InChI=1S/C17H17NO3/c1-12(19)14-8-10-16(11-9-14)21-13(2)17(20)18-15-6-4-3-5-7-15/h3-11,13H,1-2H3,(H,18,20)/t13-/m0/s1. The molecular weight excluding hydrogens is 266 g/mol. The van der Waals surface area contributed by atoms with E-state index in [1.807, 2.05) is 30.3 Å². The summed E-state index contributed by atoms with van der Waals surface area (Å²) in [5, 5.41) is 2.77. The van der Waals surface area contributed by atoms with Crippen LogP contribution in [0.2, 0.25) is 0 Å². The second-order valence-corrected chi connectivity index (χ2v) is 4.70. The van der Waals surface area contributed by atoms with E-state index in [0.717, 1.165) is 5.69 Å². The summed E-state index contributed by atoms with van der Waals surface area (Å²) in [6.45, 7) is 3.18. The van der Waals surface area contributed by atoms with Crippen molar-refractivity contribution in [3.05, 3.63) is 60.2 Å². The van der Waals surface area contributed by atoms with Crippen LogP contribution in [-0.2, 0) is 4.79 Å². The van der Waals surface area contributed by atoms with Crippen LogP contribution in [-0.4, -0.2) is 17.8 Å². The molecule has 0 spiro atoms. The Kier molecular flexibility index (Phi) is 4.72. The highest BCUT2D eigenvalue weighted by molar-refractivity contribution is 5.94. The van der Waals surface area contributed by atoms with E-state index in [-0.39, 0.29) is 11.7 Å². The summed E-state index contributed by atoms with van der Waals surface area (Å²) in [5.74, 6) is 0.323. The van der Waals surface area contributed by atoms with Crippen LogP contribution < -0.4 is 10.1 Å². The second-order valence-electron chi connectivity index (χ2n) is 4.70. The molecule has 108 valence electrons. The molecule has 0 bridgehead atoms. The Bertz CT molecular complexity index is 620. The monoisotopic (exact) mass is 283 g/mol. The number of ketones is 1. The van der Waals surface area contributed by atoms with Gasteiger partial charge >= 0.3 is 0 Å². The van der Waals surface area contributed by atoms with E-state index in [9.17, 15) is 9.59 Å².